The summed E-state index contributed by atoms with van der Waals surface area (Å²) in [7, 11) is 0. The Morgan fingerprint density at radius 3 is 2.38 bits per heavy atom. The molecule has 1 saturated heterocycles. The smallest absolute Gasteiger partial charge is 0.310 e. The number of carbonyl (C=O) groups excluding carboxylic acids is 3. The van der Waals surface area contributed by atoms with E-state index in [0.717, 1.165) is 10.5 Å². The molecule has 126 valence electrons. The molecule has 2 aliphatic rings. The average Bonchev–Trinajstić information content (AvgIpc) is 2.91. The predicted molar refractivity (Wildman–Crippen MR) is 86.3 cm³/mol. The van der Waals surface area contributed by atoms with Gasteiger partial charge in [0, 0.05) is 18.1 Å². The monoisotopic (exact) mass is 329 g/mol. The Hall–Kier alpha value is -2.47. The van der Waals surface area contributed by atoms with Crippen LogP contribution in [-0.4, -0.2) is 36.6 Å². The number of anilines is 1. The van der Waals surface area contributed by atoms with Crippen molar-refractivity contribution in [2.45, 2.75) is 25.9 Å². The van der Waals surface area contributed by atoms with E-state index in [0.29, 0.717) is 18.2 Å². The average molecular weight is 329 g/mol. The van der Waals surface area contributed by atoms with Crippen LogP contribution in [0.5, 0.6) is 0 Å². The van der Waals surface area contributed by atoms with Crippen LogP contribution >= 0.6 is 0 Å². The van der Waals surface area contributed by atoms with Crippen LogP contribution in [0.4, 0.5) is 5.69 Å². The van der Waals surface area contributed by atoms with Crippen LogP contribution in [0.3, 0.4) is 0 Å². The fourth-order valence-corrected chi connectivity index (χ4v) is 2.58. The zero-order valence-electron chi connectivity index (χ0n) is 13.7. The Morgan fingerprint density at radius 2 is 1.88 bits per heavy atom. The van der Waals surface area contributed by atoms with E-state index < -0.39 is 0 Å². The second-order valence-electron chi connectivity index (χ2n) is 6.37. The summed E-state index contributed by atoms with van der Waals surface area (Å²) in [5.74, 6) is -0.694. The van der Waals surface area contributed by atoms with Crippen LogP contribution in [0, 0.1) is 5.92 Å². The highest BCUT2D eigenvalue weighted by molar-refractivity contribution is 6.28. The molecule has 0 saturated carbocycles. The molecule has 0 spiro atoms. The van der Waals surface area contributed by atoms with Crippen LogP contribution in [0.25, 0.3) is 0 Å². The highest BCUT2D eigenvalue weighted by Crippen LogP contribution is 2.32. The molecule has 0 aromatic heterocycles. The van der Waals surface area contributed by atoms with Crippen molar-refractivity contribution in [3.05, 3.63) is 42.0 Å². The summed E-state index contributed by atoms with van der Waals surface area (Å²) in [5.41, 5.74) is 0.850. The third-order valence-corrected chi connectivity index (χ3v) is 4.58. The highest BCUT2D eigenvalue weighted by atomic mass is 16.6. The molecule has 3 rings (SSSR count). The second kappa shape index (κ2) is 6.20. The fourth-order valence-electron chi connectivity index (χ4n) is 2.58. The largest absolute Gasteiger partial charge is 0.462 e. The van der Waals surface area contributed by atoms with Crippen molar-refractivity contribution in [2.24, 2.45) is 5.92 Å². The summed E-state index contributed by atoms with van der Waals surface area (Å²) < 4.78 is 10.8. The maximum atomic E-state index is 11.9. The molecule has 2 atom stereocenters. The van der Waals surface area contributed by atoms with Gasteiger partial charge in [0.25, 0.3) is 11.8 Å². The zero-order valence-corrected chi connectivity index (χ0v) is 13.7. The second-order valence-corrected chi connectivity index (χ2v) is 6.37. The van der Waals surface area contributed by atoms with Gasteiger partial charge in [0.2, 0.25) is 0 Å². The summed E-state index contributed by atoms with van der Waals surface area (Å²) in [4.78, 5) is 36.3. The van der Waals surface area contributed by atoms with Gasteiger partial charge in [-0.2, -0.15) is 0 Å². The van der Waals surface area contributed by atoms with Crippen molar-refractivity contribution in [3.63, 3.8) is 0 Å². The summed E-state index contributed by atoms with van der Waals surface area (Å²) in [5, 5.41) is 0. The molecule has 1 aromatic carbocycles. The number of imide groups is 1. The van der Waals surface area contributed by atoms with Crippen LogP contribution in [-0.2, 0) is 30.3 Å². The van der Waals surface area contributed by atoms with Gasteiger partial charge in [-0.25, -0.2) is 4.90 Å². The highest BCUT2D eigenvalue weighted by Gasteiger charge is 2.42. The third-order valence-electron chi connectivity index (χ3n) is 4.58. The van der Waals surface area contributed by atoms with Gasteiger partial charge in [-0.15, -0.1) is 0 Å². The first-order valence-electron chi connectivity index (χ1n) is 7.84. The third kappa shape index (κ3) is 3.10. The molecule has 6 heteroatoms. The van der Waals surface area contributed by atoms with Crippen molar-refractivity contribution in [2.75, 3.05) is 18.1 Å². The number of amides is 2. The number of benzene rings is 1. The van der Waals surface area contributed by atoms with Gasteiger partial charge in [-0.05, 0) is 24.6 Å². The van der Waals surface area contributed by atoms with Crippen LogP contribution in [0.1, 0.15) is 19.4 Å². The fraction of sp³-hybridized carbons (Fsp3) is 0.389. The number of ether oxygens (including phenoxy) is 2. The lowest BCUT2D eigenvalue weighted by molar-refractivity contribution is -0.214. The number of esters is 1. The Labute approximate surface area is 140 Å². The van der Waals surface area contributed by atoms with E-state index in [9.17, 15) is 14.4 Å². The molecular weight excluding hydrogens is 310 g/mol. The quantitative estimate of drug-likeness (QED) is 0.606. The minimum absolute atomic E-state index is 0.130. The first-order valence-corrected chi connectivity index (χ1v) is 7.84. The summed E-state index contributed by atoms with van der Waals surface area (Å²) in [6.45, 7) is 4.93. The standard InChI is InChI=1S/C18H19NO5/c1-12-10-24-18(12,2)11-23-17(22)9-13-3-5-14(6-4-13)19-15(20)7-8-16(19)21/h3-8,12H,9-11H2,1-2H3. The molecular formula is C18H19NO5. The summed E-state index contributed by atoms with van der Waals surface area (Å²) in [6.07, 6.45) is 2.60. The first-order chi connectivity index (χ1) is 11.4. The molecule has 2 heterocycles. The van der Waals surface area contributed by atoms with Gasteiger partial charge in [0.15, 0.2) is 0 Å². The number of hydrogen-bond acceptors (Lipinski definition) is 5. The lowest BCUT2D eigenvalue weighted by Crippen LogP contribution is -2.53. The van der Waals surface area contributed by atoms with Crippen LogP contribution in [0.15, 0.2) is 36.4 Å². The Morgan fingerprint density at radius 1 is 1.25 bits per heavy atom. The van der Waals surface area contributed by atoms with E-state index in [2.05, 4.69) is 6.92 Å². The Bertz CT molecular complexity index is 691. The molecule has 0 bridgehead atoms. The van der Waals surface area contributed by atoms with E-state index in [1.807, 2.05) is 6.92 Å². The molecule has 24 heavy (non-hydrogen) atoms. The maximum absolute atomic E-state index is 11.9. The van der Waals surface area contributed by atoms with Gasteiger partial charge in [-0.3, -0.25) is 14.4 Å². The van der Waals surface area contributed by atoms with E-state index >= 15 is 0 Å². The molecule has 1 fully saturated rings. The minimum atomic E-state index is -0.386. The summed E-state index contributed by atoms with van der Waals surface area (Å²) >= 11 is 0. The molecule has 2 unspecified atom stereocenters. The van der Waals surface area contributed by atoms with E-state index in [4.69, 9.17) is 9.47 Å². The lowest BCUT2D eigenvalue weighted by atomic mass is 9.87. The zero-order chi connectivity index (χ0) is 17.3. The molecule has 2 aliphatic heterocycles. The number of rotatable bonds is 5. The van der Waals surface area contributed by atoms with Gasteiger partial charge < -0.3 is 9.47 Å². The van der Waals surface area contributed by atoms with E-state index in [1.54, 1.807) is 24.3 Å². The number of nitrogens with zero attached hydrogens (tertiary/aromatic N) is 1. The molecule has 0 radical (unpaired) electrons. The molecule has 0 N–H and O–H groups in total. The van der Waals surface area contributed by atoms with E-state index in [1.165, 1.54) is 12.2 Å². The normalized spacial score (nSPS) is 25.8. The van der Waals surface area contributed by atoms with Gasteiger partial charge in [0.1, 0.15) is 12.2 Å². The lowest BCUT2D eigenvalue weighted by Gasteiger charge is -2.44. The van der Waals surface area contributed by atoms with Gasteiger partial charge >= 0.3 is 5.97 Å². The van der Waals surface area contributed by atoms with Crippen molar-refractivity contribution in [1.29, 1.82) is 0 Å². The minimum Gasteiger partial charge on any atom is -0.462 e. The summed E-state index contributed by atoms with van der Waals surface area (Å²) in [6, 6.07) is 6.70. The maximum Gasteiger partial charge on any atom is 0.310 e. The van der Waals surface area contributed by atoms with Crippen molar-refractivity contribution < 1.29 is 23.9 Å². The van der Waals surface area contributed by atoms with Crippen molar-refractivity contribution >= 4 is 23.5 Å². The Kier molecular flexibility index (Phi) is 4.24. The van der Waals surface area contributed by atoms with Crippen molar-refractivity contribution in [3.8, 4) is 0 Å². The SMILES string of the molecule is CC1COC1(C)COC(=O)Cc1ccc(N2C(=O)C=CC2=O)cc1. The molecule has 6 nitrogen and oxygen atoms in total. The number of carbonyl (C=O) groups is 3. The van der Waals surface area contributed by atoms with Crippen LogP contribution in [0.2, 0.25) is 0 Å². The van der Waals surface area contributed by atoms with Gasteiger partial charge in [0.05, 0.1) is 18.7 Å². The predicted octanol–water partition coefficient (Wildman–Crippen LogP) is 1.63. The molecule has 0 aliphatic carbocycles. The Balaban J connectivity index is 1.55. The topological polar surface area (TPSA) is 72.9 Å². The molecule has 2 amide bonds. The molecule has 1 aromatic rings. The van der Waals surface area contributed by atoms with E-state index in [-0.39, 0.29) is 36.4 Å². The first kappa shape index (κ1) is 16.4. The van der Waals surface area contributed by atoms with Gasteiger partial charge in [-0.1, -0.05) is 19.1 Å². The van der Waals surface area contributed by atoms with Crippen molar-refractivity contribution in [1.82, 2.24) is 0 Å². The number of hydrogen-bond donors (Lipinski definition) is 0. The van der Waals surface area contributed by atoms with Crippen LogP contribution < -0.4 is 4.90 Å².